The van der Waals surface area contributed by atoms with Gasteiger partial charge in [-0.05, 0) is 17.7 Å². The molecule has 0 saturated heterocycles. The predicted octanol–water partition coefficient (Wildman–Crippen LogP) is 2.04. The maximum absolute atomic E-state index is 12.7. The number of hydrogen-bond donors (Lipinski definition) is 1. The quantitative estimate of drug-likeness (QED) is 0.681. The minimum atomic E-state index is -1.29. The molecule has 0 radical (unpaired) electrons. The van der Waals surface area contributed by atoms with Crippen LogP contribution in [0, 0.1) is 17.1 Å². The lowest BCUT2D eigenvalue weighted by molar-refractivity contribution is 0.235. The van der Waals surface area contributed by atoms with E-state index in [1.807, 2.05) is 0 Å². The summed E-state index contributed by atoms with van der Waals surface area (Å²) in [6.07, 6.45) is -1.29. The van der Waals surface area contributed by atoms with Crippen LogP contribution in [0.5, 0.6) is 0 Å². The molecule has 1 aromatic rings. The average Bonchev–Trinajstić information content (AvgIpc) is 2.08. The summed E-state index contributed by atoms with van der Waals surface area (Å²) in [5, 5.41) is 17.2. The molecule has 0 saturated carbocycles. The molecular formula is C8H5ClFNO. The highest BCUT2D eigenvalue weighted by Gasteiger charge is 2.07. The lowest BCUT2D eigenvalue weighted by atomic mass is 10.1. The molecule has 0 amide bonds. The molecule has 0 bridgehead atoms. The molecule has 1 rings (SSSR count). The summed E-state index contributed by atoms with van der Waals surface area (Å²) in [7, 11) is 0. The van der Waals surface area contributed by atoms with Crippen molar-refractivity contribution in [3.63, 3.8) is 0 Å². The van der Waals surface area contributed by atoms with E-state index >= 15 is 0 Å². The molecule has 1 atom stereocenters. The maximum Gasteiger partial charge on any atom is 0.166 e. The van der Waals surface area contributed by atoms with E-state index in [0.717, 1.165) is 6.07 Å². The minimum Gasteiger partial charge on any atom is -0.374 e. The summed E-state index contributed by atoms with van der Waals surface area (Å²) < 4.78 is 12.7. The van der Waals surface area contributed by atoms with Crippen LogP contribution in [0.1, 0.15) is 11.7 Å². The second kappa shape index (κ2) is 3.53. The Balaban J connectivity index is 3.06. The molecule has 0 aromatic heterocycles. The van der Waals surface area contributed by atoms with E-state index in [1.54, 1.807) is 6.07 Å². The van der Waals surface area contributed by atoms with Crippen molar-refractivity contribution in [2.45, 2.75) is 6.10 Å². The van der Waals surface area contributed by atoms with Crippen molar-refractivity contribution in [1.82, 2.24) is 0 Å². The summed E-state index contributed by atoms with van der Waals surface area (Å²) in [5.74, 6) is -0.636. The van der Waals surface area contributed by atoms with Crippen molar-refractivity contribution >= 4 is 11.6 Å². The van der Waals surface area contributed by atoms with Crippen LogP contribution >= 0.6 is 11.6 Å². The summed E-state index contributed by atoms with van der Waals surface area (Å²) in [4.78, 5) is 0. The van der Waals surface area contributed by atoms with E-state index in [0.29, 0.717) is 0 Å². The fourth-order valence-corrected chi connectivity index (χ4v) is 0.875. The van der Waals surface area contributed by atoms with Gasteiger partial charge in [0.15, 0.2) is 6.10 Å². The van der Waals surface area contributed by atoms with Crippen molar-refractivity contribution in [1.29, 1.82) is 5.26 Å². The van der Waals surface area contributed by atoms with E-state index in [9.17, 15) is 4.39 Å². The van der Waals surface area contributed by atoms with E-state index in [2.05, 4.69) is 0 Å². The first-order valence-corrected chi connectivity index (χ1v) is 3.55. The molecule has 62 valence electrons. The molecule has 0 aliphatic heterocycles. The second-order valence-corrected chi connectivity index (χ2v) is 2.61. The molecule has 0 aliphatic rings. The van der Waals surface area contributed by atoms with Gasteiger partial charge in [-0.2, -0.15) is 5.26 Å². The molecule has 0 heterocycles. The standard InChI is InChI=1S/C8H5ClFNO/c9-6-2-1-5(3-7(6)10)8(12)4-11/h1-3,8,12H/t8-/m0/s1. The first-order chi connectivity index (χ1) is 5.65. The predicted molar refractivity (Wildman–Crippen MR) is 42.0 cm³/mol. The molecule has 1 aromatic carbocycles. The third-order valence-corrected chi connectivity index (χ3v) is 1.69. The van der Waals surface area contributed by atoms with E-state index in [1.165, 1.54) is 12.1 Å². The van der Waals surface area contributed by atoms with Crippen LogP contribution < -0.4 is 0 Å². The third kappa shape index (κ3) is 1.73. The zero-order valence-corrected chi connectivity index (χ0v) is 6.72. The molecule has 1 N–H and O–H groups in total. The largest absolute Gasteiger partial charge is 0.374 e. The molecular weight excluding hydrogens is 181 g/mol. The van der Waals surface area contributed by atoms with Crippen LogP contribution in [0.3, 0.4) is 0 Å². The van der Waals surface area contributed by atoms with Crippen LogP contribution in [0.2, 0.25) is 5.02 Å². The van der Waals surface area contributed by atoms with Gasteiger partial charge in [0, 0.05) is 0 Å². The smallest absolute Gasteiger partial charge is 0.166 e. The maximum atomic E-state index is 12.7. The van der Waals surface area contributed by atoms with Gasteiger partial charge in [-0.15, -0.1) is 0 Å². The minimum absolute atomic E-state index is 0.0242. The molecule has 2 nitrogen and oxygen atoms in total. The van der Waals surface area contributed by atoms with Gasteiger partial charge in [-0.1, -0.05) is 17.7 Å². The van der Waals surface area contributed by atoms with Crippen LogP contribution in [0.25, 0.3) is 0 Å². The summed E-state index contributed by atoms with van der Waals surface area (Å²) in [6, 6.07) is 5.31. The van der Waals surface area contributed by atoms with Gasteiger partial charge in [-0.3, -0.25) is 0 Å². The Labute approximate surface area is 73.8 Å². The van der Waals surface area contributed by atoms with Crippen molar-refractivity contribution in [3.8, 4) is 6.07 Å². The zero-order valence-electron chi connectivity index (χ0n) is 5.96. The number of nitrogens with zero attached hydrogens (tertiary/aromatic N) is 1. The Kier molecular flexibility index (Phi) is 2.64. The van der Waals surface area contributed by atoms with Gasteiger partial charge in [0.2, 0.25) is 0 Å². The lowest BCUT2D eigenvalue weighted by Crippen LogP contribution is -1.93. The summed E-state index contributed by atoms with van der Waals surface area (Å²) in [6.45, 7) is 0. The number of aliphatic hydroxyl groups is 1. The number of halogens is 2. The first-order valence-electron chi connectivity index (χ1n) is 3.18. The Morgan fingerprint density at radius 3 is 2.75 bits per heavy atom. The summed E-state index contributed by atoms with van der Waals surface area (Å²) >= 11 is 5.39. The molecule has 0 unspecified atom stereocenters. The normalized spacial score (nSPS) is 12.2. The van der Waals surface area contributed by atoms with Gasteiger partial charge in [0.1, 0.15) is 5.82 Å². The molecule has 12 heavy (non-hydrogen) atoms. The van der Waals surface area contributed by atoms with E-state index < -0.39 is 11.9 Å². The van der Waals surface area contributed by atoms with Crippen LogP contribution in [-0.2, 0) is 0 Å². The Bertz CT molecular complexity index is 334. The monoisotopic (exact) mass is 185 g/mol. The van der Waals surface area contributed by atoms with Crippen molar-refractivity contribution < 1.29 is 9.50 Å². The van der Waals surface area contributed by atoms with Crippen molar-refractivity contribution in [3.05, 3.63) is 34.6 Å². The van der Waals surface area contributed by atoms with Crippen LogP contribution in [0.4, 0.5) is 4.39 Å². The van der Waals surface area contributed by atoms with Crippen molar-refractivity contribution in [2.24, 2.45) is 0 Å². The average molecular weight is 186 g/mol. The van der Waals surface area contributed by atoms with Gasteiger partial charge in [0.25, 0.3) is 0 Å². The third-order valence-electron chi connectivity index (χ3n) is 1.38. The molecule has 4 heteroatoms. The first kappa shape index (κ1) is 8.98. The van der Waals surface area contributed by atoms with Crippen LogP contribution in [0.15, 0.2) is 18.2 Å². The zero-order chi connectivity index (χ0) is 9.14. The highest BCUT2D eigenvalue weighted by molar-refractivity contribution is 6.30. The highest BCUT2D eigenvalue weighted by atomic mass is 35.5. The van der Waals surface area contributed by atoms with Gasteiger partial charge in [0.05, 0.1) is 11.1 Å². The molecule has 0 fully saturated rings. The lowest BCUT2D eigenvalue weighted by Gasteiger charge is -2.01. The van der Waals surface area contributed by atoms with E-state index in [4.69, 9.17) is 22.0 Å². The Hall–Kier alpha value is -1.11. The topological polar surface area (TPSA) is 44.0 Å². The van der Waals surface area contributed by atoms with Gasteiger partial charge >= 0.3 is 0 Å². The molecule has 0 spiro atoms. The number of rotatable bonds is 1. The Morgan fingerprint density at radius 1 is 1.58 bits per heavy atom. The molecule has 0 aliphatic carbocycles. The van der Waals surface area contributed by atoms with Crippen molar-refractivity contribution in [2.75, 3.05) is 0 Å². The summed E-state index contributed by atoms with van der Waals surface area (Å²) in [5.41, 5.74) is 0.208. The van der Waals surface area contributed by atoms with Gasteiger partial charge < -0.3 is 5.11 Å². The van der Waals surface area contributed by atoms with E-state index in [-0.39, 0.29) is 10.6 Å². The highest BCUT2D eigenvalue weighted by Crippen LogP contribution is 2.19. The Morgan fingerprint density at radius 2 is 2.25 bits per heavy atom. The fourth-order valence-electron chi connectivity index (χ4n) is 0.757. The number of benzene rings is 1. The van der Waals surface area contributed by atoms with Gasteiger partial charge in [-0.25, -0.2) is 4.39 Å². The second-order valence-electron chi connectivity index (χ2n) is 2.21. The SMILES string of the molecule is N#C[C@H](O)c1ccc(Cl)c(F)c1. The van der Waals surface area contributed by atoms with Crippen LogP contribution in [-0.4, -0.2) is 5.11 Å². The fraction of sp³-hybridized carbons (Fsp3) is 0.125. The number of aliphatic hydroxyl groups excluding tert-OH is 1. The number of nitriles is 1. The number of hydrogen-bond acceptors (Lipinski definition) is 2.